The Labute approximate surface area is 114 Å². The van der Waals surface area contributed by atoms with Crippen LogP contribution in [0.5, 0.6) is 0 Å². The molecule has 0 bridgehead atoms. The molecule has 0 fully saturated rings. The van der Waals surface area contributed by atoms with Crippen LogP contribution in [0.4, 0.5) is 11.5 Å². The summed E-state index contributed by atoms with van der Waals surface area (Å²) in [6.45, 7) is 2.01. The molecule has 0 aliphatic carbocycles. The molecule has 1 aromatic carbocycles. The minimum atomic E-state index is 0.789. The van der Waals surface area contributed by atoms with E-state index in [-0.39, 0.29) is 0 Å². The van der Waals surface area contributed by atoms with E-state index in [1.165, 1.54) is 0 Å². The lowest BCUT2D eigenvalue weighted by molar-refractivity contribution is 1.07. The lowest BCUT2D eigenvalue weighted by atomic mass is 10.2. The van der Waals surface area contributed by atoms with Gasteiger partial charge >= 0.3 is 0 Å². The van der Waals surface area contributed by atoms with Crippen molar-refractivity contribution in [1.29, 1.82) is 0 Å². The molecule has 0 saturated heterocycles. The molecule has 0 unspecified atom stereocenters. The van der Waals surface area contributed by atoms with Gasteiger partial charge < -0.3 is 10.3 Å². The number of nitrogens with zero attached hydrogens (tertiary/aromatic N) is 3. The number of H-pyrrole nitrogens is 2. The van der Waals surface area contributed by atoms with E-state index in [2.05, 4.69) is 36.5 Å². The third-order valence-corrected chi connectivity index (χ3v) is 3.36. The highest BCUT2D eigenvalue weighted by Crippen LogP contribution is 2.25. The van der Waals surface area contributed by atoms with Crippen molar-refractivity contribution in [3.05, 3.63) is 42.5 Å². The number of hydrogen-bond acceptors (Lipinski definition) is 4. The van der Waals surface area contributed by atoms with Gasteiger partial charge in [-0.15, -0.1) is 0 Å². The van der Waals surface area contributed by atoms with Crippen LogP contribution in [0, 0.1) is 6.92 Å². The largest absolute Gasteiger partial charge is 0.346 e. The molecule has 6 heteroatoms. The Morgan fingerprint density at radius 1 is 1.10 bits per heavy atom. The third kappa shape index (κ3) is 1.62. The Bertz CT molecular complexity index is 904. The van der Waals surface area contributed by atoms with Crippen LogP contribution >= 0.6 is 0 Å². The van der Waals surface area contributed by atoms with Crippen LogP contribution < -0.4 is 5.32 Å². The van der Waals surface area contributed by atoms with Crippen molar-refractivity contribution >= 4 is 33.4 Å². The second kappa shape index (κ2) is 4.06. The van der Waals surface area contributed by atoms with Gasteiger partial charge in [0.2, 0.25) is 0 Å². The van der Waals surface area contributed by atoms with Gasteiger partial charge in [-0.3, -0.25) is 5.10 Å². The highest BCUT2D eigenvalue weighted by atomic mass is 15.1. The van der Waals surface area contributed by atoms with Gasteiger partial charge in [0, 0.05) is 23.0 Å². The quantitative estimate of drug-likeness (QED) is 0.520. The molecule has 20 heavy (non-hydrogen) atoms. The highest BCUT2D eigenvalue weighted by Gasteiger charge is 2.06. The normalized spacial score (nSPS) is 11.2. The predicted octanol–water partition coefficient (Wildman–Crippen LogP) is 2.89. The fraction of sp³-hybridized carbons (Fsp3) is 0.0714. The van der Waals surface area contributed by atoms with Crippen LogP contribution in [-0.4, -0.2) is 25.1 Å². The van der Waals surface area contributed by atoms with E-state index in [4.69, 9.17) is 0 Å². The standard InChI is InChI=1S/C14H12N6/c1-8-11-6-9(2-3-12(11)20-19-8)18-14-10-4-5-15-13(10)16-7-17-14/h2-7H,1H3,(H,19,20)(H2,15,16,17,18). The number of hydrogen-bond donors (Lipinski definition) is 3. The van der Waals surface area contributed by atoms with Crippen LogP contribution in [-0.2, 0) is 0 Å². The van der Waals surface area contributed by atoms with E-state index in [1.807, 2.05) is 31.3 Å². The van der Waals surface area contributed by atoms with Crippen molar-refractivity contribution in [2.24, 2.45) is 0 Å². The van der Waals surface area contributed by atoms with Gasteiger partial charge in [-0.05, 0) is 31.2 Å². The van der Waals surface area contributed by atoms with Gasteiger partial charge in [0.15, 0.2) is 0 Å². The minimum absolute atomic E-state index is 0.789. The predicted molar refractivity (Wildman–Crippen MR) is 78.0 cm³/mol. The first-order valence-corrected chi connectivity index (χ1v) is 6.31. The molecule has 4 aromatic rings. The van der Waals surface area contributed by atoms with Gasteiger partial charge in [0.1, 0.15) is 17.8 Å². The number of aromatic nitrogens is 5. The Hall–Kier alpha value is -2.89. The smallest absolute Gasteiger partial charge is 0.143 e. The van der Waals surface area contributed by atoms with Crippen molar-refractivity contribution < 1.29 is 0 Å². The molecule has 0 amide bonds. The van der Waals surface area contributed by atoms with Crippen LogP contribution in [0.25, 0.3) is 21.9 Å². The summed E-state index contributed by atoms with van der Waals surface area (Å²) in [5.74, 6) is 0.789. The zero-order chi connectivity index (χ0) is 13.5. The van der Waals surface area contributed by atoms with Gasteiger partial charge in [-0.25, -0.2) is 9.97 Å². The zero-order valence-electron chi connectivity index (χ0n) is 10.8. The molecule has 0 saturated carbocycles. The monoisotopic (exact) mass is 264 g/mol. The summed E-state index contributed by atoms with van der Waals surface area (Å²) < 4.78 is 0. The SMILES string of the molecule is Cc1[nH]nc2ccc(Nc3ncnc4[nH]ccc34)cc12. The van der Waals surface area contributed by atoms with Crippen LogP contribution in [0.2, 0.25) is 0 Å². The molecule has 0 aliphatic rings. The Morgan fingerprint density at radius 2 is 2.05 bits per heavy atom. The summed E-state index contributed by atoms with van der Waals surface area (Å²) in [6.07, 6.45) is 3.40. The van der Waals surface area contributed by atoms with Crippen molar-refractivity contribution in [3.63, 3.8) is 0 Å². The molecule has 0 radical (unpaired) electrons. The molecular weight excluding hydrogens is 252 g/mol. The number of aryl methyl sites for hydroxylation is 1. The second-order valence-electron chi connectivity index (χ2n) is 4.67. The van der Waals surface area contributed by atoms with Crippen LogP contribution in [0.3, 0.4) is 0 Å². The number of nitrogens with one attached hydrogen (secondary N) is 3. The zero-order valence-corrected chi connectivity index (χ0v) is 10.8. The fourth-order valence-corrected chi connectivity index (χ4v) is 2.32. The van der Waals surface area contributed by atoms with E-state index in [0.717, 1.165) is 39.1 Å². The maximum Gasteiger partial charge on any atom is 0.143 e. The maximum absolute atomic E-state index is 4.30. The van der Waals surface area contributed by atoms with E-state index in [1.54, 1.807) is 6.33 Å². The molecular formula is C14H12N6. The Morgan fingerprint density at radius 3 is 3.00 bits per heavy atom. The maximum atomic E-state index is 4.30. The summed E-state index contributed by atoms with van der Waals surface area (Å²) in [6, 6.07) is 7.99. The van der Waals surface area contributed by atoms with Crippen molar-refractivity contribution in [2.45, 2.75) is 6.92 Å². The van der Waals surface area contributed by atoms with Crippen molar-refractivity contribution in [1.82, 2.24) is 25.1 Å². The molecule has 3 heterocycles. The molecule has 6 nitrogen and oxygen atoms in total. The highest BCUT2D eigenvalue weighted by molar-refractivity contribution is 5.91. The van der Waals surface area contributed by atoms with Gasteiger partial charge in [0.05, 0.1) is 10.9 Å². The molecule has 3 aromatic heterocycles. The number of benzene rings is 1. The van der Waals surface area contributed by atoms with Gasteiger partial charge in [-0.2, -0.15) is 5.10 Å². The minimum Gasteiger partial charge on any atom is -0.346 e. The van der Waals surface area contributed by atoms with E-state index in [9.17, 15) is 0 Å². The third-order valence-electron chi connectivity index (χ3n) is 3.36. The molecule has 0 aliphatic heterocycles. The summed E-state index contributed by atoms with van der Waals surface area (Å²) in [7, 11) is 0. The Balaban J connectivity index is 1.80. The molecule has 4 rings (SSSR count). The van der Waals surface area contributed by atoms with Crippen LogP contribution in [0.15, 0.2) is 36.8 Å². The molecule has 98 valence electrons. The number of anilines is 2. The lowest BCUT2D eigenvalue weighted by Gasteiger charge is -2.06. The second-order valence-corrected chi connectivity index (χ2v) is 4.67. The summed E-state index contributed by atoms with van der Waals surface area (Å²) >= 11 is 0. The van der Waals surface area contributed by atoms with E-state index < -0.39 is 0 Å². The first kappa shape index (κ1) is 11.0. The first-order chi connectivity index (χ1) is 9.81. The summed E-state index contributed by atoms with van der Waals surface area (Å²) in [4.78, 5) is 11.6. The first-order valence-electron chi connectivity index (χ1n) is 6.31. The van der Waals surface area contributed by atoms with Gasteiger partial charge in [-0.1, -0.05) is 0 Å². The lowest BCUT2D eigenvalue weighted by Crippen LogP contribution is -1.95. The molecule has 0 spiro atoms. The van der Waals surface area contributed by atoms with E-state index in [0.29, 0.717) is 0 Å². The Kier molecular flexibility index (Phi) is 2.23. The number of rotatable bonds is 2. The van der Waals surface area contributed by atoms with Crippen molar-refractivity contribution in [2.75, 3.05) is 5.32 Å². The molecule has 3 N–H and O–H groups in total. The average molecular weight is 264 g/mol. The average Bonchev–Trinajstić information content (AvgIpc) is 3.07. The van der Waals surface area contributed by atoms with Crippen LogP contribution in [0.1, 0.15) is 5.69 Å². The topological polar surface area (TPSA) is 82.3 Å². The summed E-state index contributed by atoms with van der Waals surface area (Å²) in [5.41, 5.74) is 3.81. The number of fused-ring (bicyclic) bond motifs is 2. The number of aromatic amines is 2. The fourth-order valence-electron chi connectivity index (χ4n) is 2.32. The summed E-state index contributed by atoms with van der Waals surface area (Å²) in [5, 5.41) is 12.6. The van der Waals surface area contributed by atoms with Gasteiger partial charge in [0.25, 0.3) is 0 Å². The molecule has 0 atom stereocenters. The van der Waals surface area contributed by atoms with Crippen molar-refractivity contribution in [3.8, 4) is 0 Å². The van der Waals surface area contributed by atoms with E-state index >= 15 is 0 Å².